The second-order valence-electron chi connectivity index (χ2n) is 5.19. The average Bonchev–Trinajstić information content (AvgIpc) is 2.95. The number of rotatable bonds is 6. The molecule has 0 aliphatic heterocycles. The monoisotopic (exact) mass is 310 g/mol. The van der Waals surface area contributed by atoms with E-state index in [1.807, 2.05) is 37.3 Å². The van der Waals surface area contributed by atoms with Gasteiger partial charge in [-0.3, -0.25) is 9.78 Å². The molecule has 0 bridgehead atoms. The van der Waals surface area contributed by atoms with Crippen LogP contribution in [0.15, 0.2) is 42.7 Å². The maximum atomic E-state index is 11.9. The normalized spacial score (nSPS) is 10.7. The predicted molar refractivity (Wildman–Crippen MR) is 88.0 cm³/mol. The van der Waals surface area contributed by atoms with Gasteiger partial charge in [0.2, 0.25) is 5.91 Å². The van der Waals surface area contributed by atoms with Crippen molar-refractivity contribution in [1.82, 2.24) is 25.3 Å². The molecule has 0 unspecified atom stereocenters. The number of benzene rings is 1. The van der Waals surface area contributed by atoms with Gasteiger partial charge in [-0.05, 0) is 30.7 Å². The maximum absolute atomic E-state index is 11.9. The number of pyridine rings is 1. The van der Waals surface area contributed by atoms with Crippen LogP contribution in [0.4, 0.5) is 5.69 Å². The number of carbonyl (C=O) groups is 1. The average molecular weight is 310 g/mol. The van der Waals surface area contributed by atoms with Gasteiger partial charge in [0.25, 0.3) is 0 Å². The lowest BCUT2D eigenvalue weighted by atomic mass is 10.2. The minimum Gasteiger partial charge on any atom is -0.383 e. The van der Waals surface area contributed by atoms with E-state index in [4.69, 9.17) is 0 Å². The van der Waals surface area contributed by atoms with E-state index in [1.54, 1.807) is 12.4 Å². The number of amides is 1. The molecule has 0 atom stereocenters. The van der Waals surface area contributed by atoms with E-state index < -0.39 is 0 Å². The van der Waals surface area contributed by atoms with Gasteiger partial charge >= 0.3 is 0 Å². The molecule has 0 fully saturated rings. The van der Waals surface area contributed by atoms with Crippen molar-refractivity contribution in [3.8, 4) is 0 Å². The van der Waals surface area contributed by atoms with Gasteiger partial charge in [0.05, 0.1) is 0 Å². The van der Waals surface area contributed by atoms with Crippen LogP contribution >= 0.6 is 0 Å². The molecule has 0 radical (unpaired) electrons. The number of nitrogens with zero attached hydrogens (tertiary/aromatic N) is 4. The quantitative estimate of drug-likeness (QED) is 0.672. The largest absolute Gasteiger partial charge is 0.383 e. The van der Waals surface area contributed by atoms with Crippen LogP contribution in [0.1, 0.15) is 5.56 Å². The number of anilines is 1. The molecule has 1 aromatic carbocycles. The van der Waals surface area contributed by atoms with E-state index in [-0.39, 0.29) is 12.5 Å². The highest BCUT2D eigenvalue weighted by molar-refractivity contribution is 5.77. The number of fused-ring (bicyclic) bond motifs is 1. The zero-order chi connectivity index (χ0) is 16.1. The number of aromatic nitrogens is 4. The Morgan fingerprint density at radius 3 is 2.57 bits per heavy atom. The molecule has 118 valence electrons. The summed E-state index contributed by atoms with van der Waals surface area (Å²) in [6, 6.07) is 9.45. The third-order valence-electron chi connectivity index (χ3n) is 3.40. The van der Waals surface area contributed by atoms with Crippen molar-refractivity contribution in [1.29, 1.82) is 0 Å². The van der Waals surface area contributed by atoms with Gasteiger partial charge in [-0.2, -0.15) is 15.0 Å². The molecular weight excluding hydrogens is 292 g/mol. The second kappa shape index (κ2) is 6.87. The van der Waals surface area contributed by atoms with E-state index in [9.17, 15) is 4.79 Å². The first-order valence-corrected chi connectivity index (χ1v) is 7.43. The van der Waals surface area contributed by atoms with Gasteiger partial charge in [0, 0.05) is 31.2 Å². The minimum absolute atomic E-state index is 0.112. The van der Waals surface area contributed by atoms with Crippen LogP contribution in [0, 0.1) is 6.92 Å². The van der Waals surface area contributed by atoms with E-state index in [2.05, 4.69) is 25.8 Å². The third-order valence-corrected chi connectivity index (χ3v) is 3.40. The summed E-state index contributed by atoms with van der Waals surface area (Å²) in [6.07, 6.45) is 3.54. The van der Waals surface area contributed by atoms with Crippen molar-refractivity contribution in [3.05, 3.63) is 48.3 Å². The van der Waals surface area contributed by atoms with Crippen LogP contribution in [0.5, 0.6) is 0 Å². The summed E-state index contributed by atoms with van der Waals surface area (Å²) < 4.78 is 0. The summed E-state index contributed by atoms with van der Waals surface area (Å²) in [7, 11) is 0. The van der Waals surface area contributed by atoms with Crippen LogP contribution < -0.4 is 10.6 Å². The Labute approximate surface area is 133 Å². The van der Waals surface area contributed by atoms with Crippen LogP contribution in [-0.4, -0.2) is 39.0 Å². The van der Waals surface area contributed by atoms with Crippen LogP contribution in [0.25, 0.3) is 11.0 Å². The van der Waals surface area contributed by atoms with Crippen molar-refractivity contribution in [3.63, 3.8) is 0 Å². The lowest BCUT2D eigenvalue weighted by Gasteiger charge is -2.09. The minimum atomic E-state index is -0.112. The summed E-state index contributed by atoms with van der Waals surface area (Å²) in [5.74, 6) is -0.112. The molecule has 1 amide bonds. The molecule has 2 N–H and O–H groups in total. The molecule has 0 spiro atoms. The van der Waals surface area contributed by atoms with Crippen LogP contribution in [-0.2, 0) is 11.3 Å². The number of hydrogen-bond donors (Lipinski definition) is 2. The molecule has 2 heterocycles. The Morgan fingerprint density at radius 2 is 1.87 bits per heavy atom. The zero-order valence-corrected chi connectivity index (χ0v) is 12.9. The number of hydrogen-bond acceptors (Lipinski definition) is 5. The molecule has 0 saturated carbocycles. The molecule has 2 aromatic heterocycles. The molecule has 7 heteroatoms. The Morgan fingerprint density at radius 1 is 1.13 bits per heavy atom. The van der Waals surface area contributed by atoms with E-state index >= 15 is 0 Å². The van der Waals surface area contributed by atoms with Gasteiger partial charge < -0.3 is 10.6 Å². The predicted octanol–water partition coefficient (Wildman–Crippen LogP) is 1.36. The lowest BCUT2D eigenvalue weighted by Crippen LogP contribution is -2.32. The molecule has 3 rings (SSSR count). The highest BCUT2D eigenvalue weighted by Gasteiger charge is 2.06. The molecule has 0 aliphatic carbocycles. The summed E-state index contributed by atoms with van der Waals surface area (Å²) in [5, 5.41) is 14.6. The van der Waals surface area contributed by atoms with Crippen molar-refractivity contribution in [2.75, 3.05) is 18.4 Å². The van der Waals surface area contributed by atoms with Crippen molar-refractivity contribution in [2.24, 2.45) is 0 Å². The van der Waals surface area contributed by atoms with Gasteiger partial charge in [0.15, 0.2) is 0 Å². The molecule has 23 heavy (non-hydrogen) atoms. The number of carbonyl (C=O) groups excluding carboxylic acids is 1. The van der Waals surface area contributed by atoms with Crippen molar-refractivity contribution < 1.29 is 4.79 Å². The van der Waals surface area contributed by atoms with Crippen LogP contribution in [0.2, 0.25) is 0 Å². The summed E-state index contributed by atoms with van der Waals surface area (Å²) in [5.41, 5.74) is 3.67. The fraction of sp³-hybridized carbons (Fsp3) is 0.250. The smallest absolute Gasteiger partial charge is 0.243 e. The fourth-order valence-electron chi connectivity index (χ4n) is 2.23. The summed E-state index contributed by atoms with van der Waals surface area (Å²) >= 11 is 0. The standard InChI is InChI=1S/C16H18N6O/c1-12-10-17-7-6-13(12)18-8-9-19-16(23)11-22-20-14-4-2-3-5-15(14)21-22/h2-7,10H,8-9,11H2,1H3,(H,17,18)(H,19,23). The summed E-state index contributed by atoms with van der Waals surface area (Å²) in [6.45, 7) is 3.28. The molecule has 0 aliphatic rings. The Bertz CT molecular complexity index is 780. The lowest BCUT2D eigenvalue weighted by molar-refractivity contribution is -0.121. The van der Waals surface area contributed by atoms with Gasteiger partial charge in [-0.25, -0.2) is 0 Å². The fourth-order valence-corrected chi connectivity index (χ4v) is 2.23. The first-order valence-electron chi connectivity index (χ1n) is 7.43. The number of aryl methyl sites for hydroxylation is 1. The second-order valence-corrected chi connectivity index (χ2v) is 5.19. The van der Waals surface area contributed by atoms with E-state index in [0.717, 1.165) is 22.3 Å². The van der Waals surface area contributed by atoms with Crippen molar-refractivity contribution >= 4 is 22.6 Å². The topological polar surface area (TPSA) is 84.7 Å². The Kier molecular flexibility index (Phi) is 4.46. The number of nitrogens with one attached hydrogen (secondary N) is 2. The van der Waals surface area contributed by atoms with Crippen molar-refractivity contribution in [2.45, 2.75) is 13.5 Å². The first-order chi connectivity index (χ1) is 11.2. The molecular formula is C16H18N6O. The van der Waals surface area contributed by atoms with Crippen LogP contribution in [0.3, 0.4) is 0 Å². The third kappa shape index (κ3) is 3.82. The zero-order valence-electron chi connectivity index (χ0n) is 12.9. The summed E-state index contributed by atoms with van der Waals surface area (Å²) in [4.78, 5) is 17.4. The van der Waals surface area contributed by atoms with Gasteiger partial charge in [-0.15, -0.1) is 0 Å². The Balaban J connectivity index is 1.45. The molecule has 3 aromatic rings. The Hall–Kier alpha value is -2.96. The highest BCUT2D eigenvalue weighted by Crippen LogP contribution is 2.10. The van der Waals surface area contributed by atoms with E-state index in [0.29, 0.717) is 13.1 Å². The van der Waals surface area contributed by atoms with Gasteiger partial charge in [-0.1, -0.05) is 12.1 Å². The molecule has 0 saturated heterocycles. The first kappa shape index (κ1) is 15.0. The molecule has 7 nitrogen and oxygen atoms in total. The maximum Gasteiger partial charge on any atom is 0.243 e. The van der Waals surface area contributed by atoms with E-state index in [1.165, 1.54) is 4.80 Å². The SMILES string of the molecule is Cc1cnccc1NCCNC(=O)Cn1nc2ccccc2n1. The highest BCUT2D eigenvalue weighted by atomic mass is 16.2. The van der Waals surface area contributed by atoms with Gasteiger partial charge in [0.1, 0.15) is 17.6 Å².